The van der Waals surface area contributed by atoms with Gasteiger partial charge in [0.25, 0.3) is 0 Å². The van der Waals surface area contributed by atoms with Gasteiger partial charge in [-0.1, -0.05) is 19.8 Å². The molecule has 1 aliphatic rings. The molecule has 11 heavy (non-hydrogen) atoms. The second-order valence-corrected chi connectivity index (χ2v) is 3.24. The zero-order valence-electron chi connectivity index (χ0n) is 7.14. The minimum atomic E-state index is -0.393. The summed E-state index contributed by atoms with van der Waals surface area (Å²) in [5, 5.41) is 0. The molecule has 0 amide bonds. The van der Waals surface area contributed by atoms with Gasteiger partial charge in [-0.2, -0.15) is 0 Å². The lowest BCUT2D eigenvalue weighted by molar-refractivity contribution is -0.130. The third-order valence-electron chi connectivity index (χ3n) is 2.26. The highest BCUT2D eigenvalue weighted by Crippen LogP contribution is 2.31. The maximum atomic E-state index is 10.7. The van der Waals surface area contributed by atoms with E-state index >= 15 is 0 Å². The Hall–Kier alpha value is -0.370. The fourth-order valence-electron chi connectivity index (χ4n) is 1.57. The molecule has 1 rings (SSSR count). The first-order chi connectivity index (χ1) is 5.33. The molecule has 1 saturated carbocycles. The predicted octanol–water partition coefficient (Wildman–Crippen LogP) is 1.92. The van der Waals surface area contributed by atoms with Crippen LogP contribution in [0.1, 0.15) is 39.0 Å². The second kappa shape index (κ2) is 3.86. The summed E-state index contributed by atoms with van der Waals surface area (Å²) in [4.78, 5) is 10.7. The van der Waals surface area contributed by atoms with Crippen molar-refractivity contribution < 1.29 is 9.53 Å². The van der Waals surface area contributed by atoms with E-state index in [4.69, 9.17) is 4.74 Å². The highest BCUT2D eigenvalue weighted by Gasteiger charge is 2.33. The quantitative estimate of drug-likeness (QED) is 0.581. The lowest BCUT2D eigenvalue weighted by Gasteiger charge is -2.21. The molecule has 0 aromatic carbocycles. The third-order valence-corrected chi connectivity index (χ3v) is 2.26. The summed E-state index contributed by atoms with van der Waals surface area (Å²) in [6.07, 6.45) is 6.13. The van der Waals surface area contributed by atoms with Crippen LogP contribution in [-0.2, 0) is 9.53 Å². The maximum Gasteiger partial charge on any atom is 0.151 e. The van der Waals surface area contributed by atoms with E-state index in [1.807, 2.05) is 0 Å². The largest absolute Gasteiger partial charge is 0.368 e. The summed E-state index contributed by atoms with van der Waals surface area (Å²) >= 11 is 0. The van der Waals surface area contributed by atoms with Gasteiger partial charge in [0.05, 0.1) is 0 Å². The lowest BCUT2D eigenvalue weighted by atomic mass is 10.1. The van der Waals surface area contributed by atoms with Crippen molar-refractivity contribution in [2.45, 2.75) is 44.6 Å². The molecule has 2 nitrogen and oxygen atoms in total. The molecule has 0 atom stereocenters. The average Bonchev–Trinajstić information content (AvgIpc) is 2.50. The van der Waals surface area contributed by atoms with Crippen LogP contribution in [-0.4, -0.2) is 18.5 Å². The first kappa shape index (κ1) is 8.72. The molecule has 0 bridgehead atoms. The van der Waals surface area contributed by atoms with Crippen LogP contribution in [0.4, 0.5) is 0 Å². The Morgan fingerprint density at radius 3 is 2.55 bits per heavy atom. The molecule has 0 radical (unpaired) electrons. The molecule has 1 aliphatic carbocycles. The fraction of sp³-hybridized carbons (Fsp3) is 0.889. The molecule has 1 fully saturated rings. The zero-order chi connectivity index (χ0) is 8.16. The van der Waals surface area contributed by atoms with Gasteiger partial charge in [0.1, 0.15) is 5.60 Å². The molecular formula is C9H16O2. The van der Waals surface area contributed by atoms with E-state index in [1.165, 1.54) is 0 Å². The molecule has 2 heteroatoms. The number of hydrogen-bond acceptors (Lipinski definition) is 2. The number of ether oxygens (including phenoxy) is 1. The van der Waals surface area contributed by atoms with Gasteiger partial charge < -0.3 is 9.53 Å². The second-order valence-electron chi connectivity index (χ2n) is 3.24. The number of aldehydes is 1. The summed E-state index contributed by atoms with van der Waals surface area (Å²) in [5.74, 6) is 0. The summed E-state index contributed by atoms with van der Waals surface area (Å²) < 4.78 is 5.52. The van der Waals surface area contributed by atoms with Crippen molar-refractivity contribution in [1.82, 2.24) is 0 Å². The van der Waals surface area contributed by atoms with Crippen molar-refractivity contribution >= 4 is 6.29 Å². The average molecular weight is 156 g/mol. The Balaban J connectivity index is 2.39. The van der Waals surface area contributed by atoms with Gasteiger partial charge in [0.15, 0.2) is 6.29 Å². The van der Waals surface area contributed by atoms with E-state index in [9.17, 15) is 4.79 Å². The van der Waals surface area contributed by atoms with E-state index in [2.05, 4.69) is 6.92 Å². The molecule has 0 unspecified atom stereocenters. The summed E-state index contributed by atoms with van der Waals surface area (Å²) in [6.45, 7) is 2.78. The maximum absolute atomic E-state index is 10.7. The van der Waals surface area contributed by atoms with Crippen molar-refractivity contribution in [3.63, 3.8) is 0 Å². The van der Waals surface area contributed by atoms with Crippen molar-refractivity contribution in [3.05, 3.63) is 0 Å². The monoisotopic (exact) mass is 156 g/mol. The molecule has 64 valence electrons. The van der Waals surface area contributed by atoms with Crippen LogP contribution < -0.4 is 0 Å². The fourth-order valence-corrected chi connectivity index (χ4v) is 1.57. The van der Waals surface area contributed by atoms with Gasteiger partial charge in [0, 0.05) is 6.61 Å². The smallest absolute Gasteiger partial charge is 0.151 e. The number of carbonyl (C=O) groups is 1. The number of rotatable bonds is 4. The molecule has 0 heterocycles. The van der Waals surface area contributed by atoms with Gasteiger partial charge in [-0.05, 0) is 19.3 Å². The van der Waals surface area contributed by atoms with Gasteiger partial charge in [-0.3, -0.25) is 0 Å². The van der Waals surface area contributed by atoms with Crippen LogP contribution >= 0.6 is 0 Å². The van der Waals surface area contributed by atoms with Crippen LogP contribution in [0, 0.1) is 0 Å². The van der Waals surface area contributed by atoms with E-state index in [0.717, 1.165) is 45.0 Å². The van der Waals surface area contributed by atoms with Crippen LogP contribution in [0.25, 0.3) is 0 Å². The molecule has 0 N–H and O–H groups in total. The third kappa shape index (κ3) is 2.03. The molecule has 0 aliphatic heterocycles. The minimum Gasteiger partial charge on any atom is -0.368 e. The zero-order valence-corrected chi connectivity index (χ0v) is 7.14. The molecule has 0 saturated heterocycles. The van der Waals surface area contributed by atoms with Gasteiger partial charge in [0.2, 0.25) is 0 Å². The Morgan fingerprint density at radius 2 is 2.09 bits per heavy atom. The van der Waals surface area contributed by atoms with Crippen LogP contribution in [0.2, 0.25) is 0 Å². The SMILES string of the molecule is CCCOC1(C=O)CCCC1. The van der Waals surface area contributed by atoms with Gasteiger partial charge >= 0.3 is 0 Å². The summed E-state index contributed by atoms with van der Waals surface area (Å²) in [5.41, 5.74) is -0.393. The highest BCUT2D eigenvalue weighted by atomic mass is 16.5. The topological polar surface area (TPSA) is 26.3 Å². The van der Waals surface area contributed by atoms with Gasteiger partial charge in [-0.15, -0.1) is 0 Å². The molecular weight excluding hydrogens is 140 g/mol. The lowest BCUT2D eigenvalue weighted by Crippen LogP contribution is -2.30. The highest BCUT2D eigenvalue weighted by molar-refractivity contribution is 5.63. The van der Waals surface area contributed by atoms with Crippen LogP contribution in [0.5, 0.6) is 0 Å². The Labute approximate surface area is 67.9 Å². The Bertz CT molecular complexity index is 126. The minimum absolute atomic E-state index is 0.393. The number of hydrogen-bond donors (Lipinski definition) is 0. The van der Waals surface area contributed by atoms with Crippen molar-refractivity contribution in [2.24, 2.45) is 0 Å². The van der Waals surface area contributed by atoms with Crippen molar-refractivity contribution in [2.75, 3.05) is 6.61 Å². The Morgan fingerprint density at radius 1 is 1.45 bits per heavy atom. The summed E-state index contributed by atoms with van der Waals surface area (Å²) in [7, 11) is 0. The van der Waals surface area contributed by atoms with E-state index in [1.54, 1.807) is 0 Å². The first-order valence-electron chi connectivity index (χ1n) is 4.43. The van der Waals surface area contributed by atoms with Crippen LogP contribution in [0.15, 0.2) is 0 Å². The van der Waals surface area contributed by atoms with E-state index < -0.39 is 5.60 Å². The van der Waals surface area contributed by atoms with Crippen LogP contribution in [0.3, 0.4) is 0 Å². The summed E-state index contributed by atoms with van der Waals surface area (Å²) in [6, 6.07) is 0. The first-order valence-corrected chi connectivity index (χ1v) is 4.43. The number of carbonyl (C=O) groups excluding carboxylic acids is 1. The van der Waals surface area contributed by atoms with E-state index in [0.29, 0.717) is 0 Å². The normalized spacial score (nSPS) is 21.9. The van der Waals surface area contributed by atoms with Crippen molar-refractivity contribution in [3.8, 4) is 0 Å². The van der Waals surface area contributed by atoms with Crippen molar-refractivity contribution in [1.29, 1.82) is 0 Å². The Kier molecular flexibility index (Phi) is 3.06. The molecule has 0 spiro atoms. The standard InChI is InChI=1S/C9H16O2/c1-2-7-11-9(8-10)5-3-4-6-9/h8H,2-7H2,1H3. The molecule has 0 aromatic rings. The van der Waals surface area contributed by atoms with Gasteiger partial charge in [-0.25, -0.2) is 0 Å². The molecule has 0 aromatic heterocycles. The predicted molar refractivity (Wildman–Crippen MR) is 43.5 cm³/mol. The van der Waals surface area contributed by atoms with E-state index in [-0.39, 0.29) is 0 Å².